The Morgan fingerprint density at radius 2 is 1.92 bits per heavy atom. The first-order valence-electron chi connectivity index (χ1n) is 18.2. The van der Waals surface area contributed by atoms with E-state index in [4.69, 9.17) is 19.4 Å². The van der Waals surface area contributed by atoms with Crippen molar-refractivity contribution in [2.24, 2.45) is 5.92 Å². The van der Waals surface area contributed by atoms with Crippen LogP contribution in [0, 0.1) is 12.8 Å². The Hall–Kier alpha value is -4.04. The van der Waals surface area contributed by atoms with Gasteiger partial charge in [-0.2, -0.15) is 0 Å². The lowest BCUT2D eigenvalue weighted by Crippen LogP contribution is -2.57. The van der Waals surface area contributed by atoms with Gasteiger partial charge in [-0.05, 0) is 70.4 Å². The molecular weight excluding hydrogens is 703 g/mol. The molecule has 12 nitrogen and oxygen atoms in total. The molecule has 3 aromatic rings. The molecule has 14 heteroatoms. The summed E-state index contributed by atoms with van der Waals surface area (Å²) in [6.45, 7) is 7.92. The van der Waals surface area contributed by atoms with Gasteiger partial charge in [0.2, 0.25) is 21.8 Å². The molecule has 278 valence electrons. The van der Waals surface area contributed by atoms with Gasteiger partial charge in [-0.3, -0.25) is 19.1 Å². The number of amides is 3. The van der Waals surface area contributed by atoms with Crippen molar-refractivity contribution in [1.82, 2.24) is 24.9 Å². The molecule has 2 aliphatic carbocycles. The monoisotopic (exact) mass is 749 g/mol. The van der Waals surface area contributed by atoms with E-state index in [1.807, 2.05) is 42.7 Å². The van der Waals surface area contributed by atoms with Gasteiger partial charge in [0, 0.05) is 41.2 Å². The average Bonchev–Trinajstić information content (AvgIpc) is 3.87. The van der Waals surface area contributed by atoms with E-state index in [1.165, 1.54) is 11.3 Å². The summed E-state index contributed by atoms with van der Waals surface area (Å²) in [5, 5.41) is 6.49. The molecule has 52 heavy (non-hydrogen) atoms. The van der Waals surface area contributed by atoms with E-state index in [-0.39, 0.29) is 43.6 Å². The van der Waals surface area contributed by atoms with Gasteiger partial charge >= 0.3 is 0 Å². The van der Waals surface area contributed by atoms with Crippen LogP contribution in [0.5, 0.6) is 11.5 Å². The minimum absolute atomic E-state index is 0.154. The zero-order chi connectivity index (χ0) is 37.0. The number of aromatic nitrogens is 2. The number of nitrogens with one attached hydrogen (secondary N) is 2. The van der Waals surface area contributed by atoms with Crippen LogP contribution in [-0.2, 0) is 24.4 Å². The van der Waals surface area contributed by atoms with Crippen molar-refractivity contribution in [3.05, 3.63) is 47.0 Å². The minimum Gasteiger partial charge on any atom is -0.496 e. The fourth-order valence-electron chi connectivity index (χ4n) is 7.25. The van der Waals surface area contributed by atoms with E-state index in [0.717, 1.165) is 40.9 Å². The second-order valence-electron chi connectivity index (χ2n) is 15.2. The molecule has 7 rings (SSSR count). The summed E-state index contributed by atoms with van der Waals surface area (Å²) in [6, 6.07) is 4.73. The zero-order valence-electron chi connectivity index (χ0n) is 30.4. The van der Waals surface area contributed by atoms with E-state index in [9.17, 15) is 22.8 Å². The predicted molar refractivity (Wildman–Crippen MR) is 199 cm³/mol. The van der Waals surface area contributed by atoms with Crippen LogP contribution in [0.4, 0.5) is 0 Å². The van der Waals surface area contributed by atoms with Crippen molar-refractivity contribution in [3.8, 4) is 22.2 Å². The number of sulfonamides is 1. The maximum absolute atomic E-state index is 14.2. The van der Waals surface area contributed by atoms with Crippen LogP contribution in [0.2, 0.25) is 0 Å². The molecule has 0 spiro atoms. The second kappa shape index (κ2) is 13.7. The van der Waals surface area contributed by atoms with E-state index < -0.39 is 44.3 Å². The van der Waals surface area contributed by atoms with Crippen molar-refractivity contribution < 1.29 is 32.3 Å². The van der Waals surface area contributed by atoms with Gasteiger partial charge in [0.25, 0.3) is 5.91 Å². The van der Waals surface area contributed by atoms with Gasteiger partial charge in [0.05, 0.1) is 29.6 Å². The van der Waals surface area contributed by atoms with Gasteiger partial charge in [-0.25, -0.2) is 18.4 Å². The number of carbonyl (C=O) groups excluding carboxylic acids is 3. The highest BCUT2D eigenvalue weighted by Gasteiger charge is 2.63. The van der Waals surface area contributed by atoms with Crippen LogP contribution in [-0.4, -0.2) is 77.1 Å². The number of pyridine rings is 1. The third kappa shape index (κ3) is 6.79. The molecule has 3 amide bonds. The van der Waals surface area contributed by atoms with Gasteiger partial charge in [-0.15, -0.1) is 11.3 Å². The molecule has 4 heterocycles. The molecule has 0 radical (unpaired) electrons. The number of allylic oxidation sites excluding steroid dienone is 1. The Balaban J connectivity index is 1.19. The third-order valence-electron chi connectivity index (χ3n) is 11.1. The normalized spacial score (nSPS) is 26.6. The average molecular weight is 750 g/mol. The summed E-state index contributed by atoms with van der Waals surface area (Å²) >= 11 is 1.51. The van der Waals surface area contributed by atoms with E-state index >= 15 is 0 Å². The van der Waals surface area contributed by atoms with Crippen molar-refractivity contribution in [2.75, 3.05) is 13.7 Å². The summed E-state index contributed by atoms with van der Waals surface area (Å²) in [6.07, 6.45) is 8.24. The third-order valence-corrected chi connectivity index (χ3v) is 14.1. The Morgan fingerprint density at radius 1 is 1.13 bits per heavy atom. The van der Waals surface area contributed by atoms with Gasteiger partial charge in [-0.1, -0.05) is 32.4 Å². The number of benzene rings is 1. The first kappa shape index (κ1) is 36.3. The molecule has 4 atom stereocenters. The van der Waals surface area contributed by atoms with E-state index in [2.05, 4.69) is 23.9 Å². The lowest BCUT2D eigenvalue weighted by Gasteiger charge is -2.27. The highest BCUT2D eigenvalue weighted by molar-refractivity contribution is 7.91. The quantitative estimate of drug-likeness (QED) is 0.282. The number of aryl methyl sites for hydroxylation is 1. The second-order valence-corrected chi connectivity index (χ2v) is 18.3. The summed E-state index contributed by atoms with van der Waals surface area (Å²) in [4.78, 5) is 53.1. The fourth-order valence-corrected chi connectivity index (χ4v) is 9.50. The number of rotatable bonds is 8. The Morgan fingerprint density at radius 3 is 2.63 bits per heavy atom. The molecule has 2 N–H and O–H groups in total. The first-order valence-corrected chi connectivity index (χ1v) is 20.6. The summed E-state index contributed by atoms with van der Waals surface area (Å²) < 4.78 is 39.8. The Bertz CT molecular complexity index is 2060. The number of carbonyl (C=O) groups is 3. The highest BCUT2D eigenvalue weighted by Crippen LogP contribution is 2.48. The SMILES string of the molecule is COc1ccc2c(OC3CC4C(=O)NC5(C(=O)NS(=O)(=O)C6(C)CC6)CC5/C=C/CCCCCC(=O)N4C3)cc(-c3nc(C(C)C)cs3)nc2c1C. The Labute approximate surface area is 308 Å². The van der Waals surface area contributed by atoms with Crippen LogP contribution < -0.4 is 19.5 Å². The fraction of sp³-hybridized carbons (Fsp3) is 0.553. The number of thiazole rings is 1. The number of ether oxygens (including phenoxy) is 2. The number of hydrogen-bond donors (Lipinski definition) is 2. The summed E-state index contributed by atoms with van der Waals surface area (Å²) in [7, 11) is -2.31. The molecule has 2 aromatic heterocycles. The van der Waals surface area contributed by atoms with Gasteiger partial charge in [0.15, 0.2) is 0 Å². The number of nitrogens with zero attached hydrogens (tertiary/aromatic N) is 3. The topological polar surface area (TPSA) is 157 Å². The largest absolute Gasteiger partial charge is 0.496 e. The van der Waals surface area contributed by atoms with Crippen LogP contribution in [0.15, 0.2) is 35.7 Å². The van der Waals surface area contributed by atoms with Crippen molar-refractivity contribution in [2.45, 2.75) is 114 Å². The number of methoxy groups -OCH3 is 1. The molecule has 2 aliphatic heterocycles. The van der Waals surface area contributed by atoms with Crippen LogP contribution in [0.3, 0.4) is 0 Å². The smallest absolute Gasteiger partial charge is 0.259 e. The summed E-state index contributed by atoms with van der Waals surface area (Å²) in [5.41, 5.74) is 1.76. The maximum Gasteiger partial charge on any atom is 0.259 e. The van der Waals surface area contributed by atoms with Gasteiger partial charge < -0.3 is 19.7 Å². The van der Waals surface area contributed by atoms with E-state index in [1.54, 1.807) is 18.9 Å². The van der Waals surface area contributed by atoms with Crippen molar-refractivity contribution in [3.63, 3.8) is 0 Å². The number of fused-ring (bicyclic) bond motifs is 3. The van der Waals surface area contributed by atoms with Gasteiger partial charge in [0.1, 0.15) is 39.9 Å². The van der Waals surface area contributed by atoms with E-state index in [0.29, 0.717) is 42.0 Å². The molecular formula is C38H47N5O7S2. The predicted octanol–water partition coefficient (Wildman–Crippen LogP) is 5.54. The molecule has 2 saturated carbocycles. The van der Waals surface area contributed by atoms with Crippen LogP contribution >= 0.6 is 11.3 Å². The molecule has 0 bridgehead atoms. The minimum atomic E-state index is -3.92. The van der Waals surface area contributed by atoms with Crippen molar-refractivity contribution >= 4 is 50.0 Å². The maximum atomic E-state index is 14.2. The van der Waals surface area contributed by atoms with Crippen LogP contribution in [0.25, 0.3) is 21.6 Å². The molecule has 4 aliphatic rings. The summed E-state index contributed by atoms with van der Waals surface area (Å²) in [5.74, 6) is -0.246. The highest BCUT2D eigenvalue weighted by atomic mass is 32.2. The lowest BCUT2D eigenvalue weighted by atomic mass is 10.1. The Kier molecular flexibility index (Phi) is 9.60. The molecule has 4 unspecified atom stereocenters. The number of hydrogen-bond acceptors (Lipinski definition) is 10. The molecule has 1 aromatic carbocycles. The molecule has 1 saturated heterocycles. The first-order chi connectivity index (χ1) is 24.7. The lowest BCUT2D eigenvalue weighted by molar-refractivity contribution is -0.139. The standard InChI is InChI=1S/C38H47N5O7S2/c1-22(2)28-21-51-35(40-28)27-18-31(26-13-14-30(49-5)23(3)33(26)39-27)50-25-17-29-34(45)41-38(36(46)42-52(47,48)37(4)15-16-37)19-24(38)11-9-7-6-8-10-12-32(44)43(29)20-25/h9,11,13-14,18,21-22,24-25,29H,6-8,10,12,15-17,19-20H2,1-5H3,(H,41,45)(H,42,46)/b11-9+. The van der Waals surface area contributed by atoms with Crippen LogP contribution in [0.1, 0.15) is 95.7 Å². The van der Waals surface area contributed by atoms with Crippen molar-refractivity contribution in [1.29, 1.82) is 0 Å². The molecule has 3 fully saturated rings. The zero-order valence-corrected chi connectivity index (χ0v) is 32.0.